The minimum Gasteiger partial charge on any atom is -0.349 e. The van der Waals surface area contributed by atoms with Crippen LogP contribution in [-0.2, 0) is 4.79 Å². The SMILES string of the molecule is C=CC(=O)NCC(=C)C. The van der Waals surface area contributed by atoms with Gasteiger partial charge in [0.1, 0.15) is 0 Å². The third-order valence-electron chi connectivity index (χ3n) is 0.750. The van der Waals surface area contributed by atoms with Crippen LogP contribution in [0.15, 0.2) is 24.8 Å². The molecule has 0 spiro atoms. The molecule has 0 saturated carbocycles. The maximum atomic E-state index is 10.4. The second-order valence-corrected chi connectivity index (χ2v) is 1.88. The summed E-state index contributed by atoms with van der Waals surface area (Å²) in [6.07, 6.45) is 1.24. The second kappa shape index (κ2) is 3.89. The summed E-state index contributed by atoms with van der Waals surface area (Å²) in [5.41, 5.74) is 0.935. The summed E-state index contributed by atoms with van der Waals surface area (Å²) in [5, 5.41) is 2.58. The molecule has 50 valence electrons. The molecule has 9 heavy (non-hydrogen) atoms. The molecule has 0 aromatic rings. The first-order valence-corrected chi connectivity index (χ1v) is 2.71. The van der Waals surface area contributed by atoms with E-state index in [2.05, 4.69) is 18.5 Å². The van der Waals surface area contributed by atoms with Gasteiger partial charge >= 0.3 is 0 Å². The lowest BCUT2D eigenvalue weighted by Crippen LogP contribution is -2.22. The van der Waals surface area contributed by atoms with Gasteiger partial charge in [-0.15, -0.1) is 0 Å². The molecule has 0 radical (unpaired) electrons. The molecule has 2 heteroatoms. The maximum Gasteiger partial charge on any atom is 0.243 e. The third kappa shape index (κ3) is 4.81. The van der Waals surface area contributed by atoms with Gasteiger partial charge in [0.15, 0.2) is 0 Å². The summed E-state index contributed by atoms with van der Waals surface area (Å²) in [5.74, 6) is -0.155. The van der Waals surface area contributed by atoms with Gasteiger partial charge in [-0.1, -0.05) is 18.7 Å². The monoisotopic (exact) mass is 125 g/mol. The van der Waals surface area contributed by atoms with Crippen molar-refractivity contribution in [1.29, 1.82) is 0 Å². The van der Waals surface area contributed by atoms with Gasteiger partial charge in [-0.05, 0) is 13.0 Å². The van der Waals surface area contributed by atoms with Crippen LogP contribution in [0.25, 0.3) is 0 Å². The fourth-order valence-corrected chi connectivity index (χ4v) is 0.310. The highest BCUT2D eigenvalue weighted by Crippen LogP contribution is 1.80. The first kappa shape index (κ1) is 7.95. The standard InChI is InChI=1S/C7H11NO/c1-4-7(9)8-5-6(2)3/h4H,1-2,5H2,3H3,(H,8,9). The Balaban J connectivity index is 3.39. The van der Waals surface area contributed by atoms with Crippen molar-refractivity contribution in [3.63, 3.8) is 0 Å². The normalized spacial score (nSPS) is 8.11. The van der Waals surface area contributed by atoms with E-state index in [1.807, 2.05) is 6.92 Å². The summed E-state index contributed by atoms with van der Waals surface area (Å²) in [6, 6.07) is 0. The predicted molar refractivity (Wildman–Crippen MR) is 38.0 cm³/mol. The molecule has 1 amide bonds. The molecule has 0 heterocycles. The lowest BCUT2D eigenvalue weighted by Gasteiger charge is -1.98. The van der Waals surface area contributed by atoms with E-state index in [1.54, 1.807) is 0 Å². The Labute approximate surface area is 55.3 Å². The van der Waals surface area contributed by atoms with Gasteiger partial charge in [0, 0.05) is 6.54 Å². The molecule has 0 unspecified atom stereocenters. The maximum absolute atomic E-state index is 10.4. The molecule has 0 rings (SSSR count). The van der Waals surface area contributed by atoms with E-state index in [9.17, 15) is 4.79 Å². The Morgan fingerprint density at radius 2 is 2.33 bits per heavy atom. The summed E-state index contributed by atoms with van der Waals surface area (Å²) in [7, 11) is 0. The zero-order chi connectivity index (χ0) is 7.28. The number of carbonyl (C=O) groups is 1. The van der Waals surface area contributed by atoms with Gasteiger partial charge < -0.3 is 5.32 Å². The molecule has 1 N–H and O–H groups in total. The molecule has 2 nitrogen and oxygen atoms in total. The van der Waals surface area contributed by atoms with E-state index >= 15 is 0 Å². The van der Waals surface area contributed by atoms with Crippen molar-refractivity contribution in [2.45, 2.75) is 6.92 Å². The van der Waals surface area contributed by atoms with Gasteiger partial charge in [0.05, 0.1) is 0 Å². The molecular formula is C7H11NO. The molecule has 0 atom stereocenters. The van der Waals surface area contributed by atoms with E-state index in [-0.39, 0.29) is 5.91 Å². The van der Waals surface area contributed by atoms with Gasteiger partial charge in [-0.3, -0.25) is 4.79 Å². The van der Waals surface area contributed by atoms with Gasteiger partial charge in [-0.25, -0.2) is 0 Å². The number of hydrogen-bond acceptors (Lipinski definition) is 1. The number of amides is 1. The van der Waals surface area contributed by atoms with E-state index < -0.39 is 0 Å². The Hall–Kier alpha value is -1.05. The van der Waals surface area contributed by atoms with Crippen LogP contribution in [0.2, 0.25) is 0 Å². The zero-order valence-corrected chi connectivity index (χ0v) is 5.61. The van der Waals surface area contributed by atoms with Gasteiger partial charge in [0.2, 0.25) is 5.91 Å². The van der Waals surface area contributed by atoms with Crippen LogP contribution in [0.4, 0.5) is 0 Å². The Morgan fingerprint density at radius 3 is 2.67 bits per heavy atom. The minimum atomic E-state index is -0.155. The number of hydrogen-bond donors (Lipinski definition) is 1. The van der Waals surface area contributed by atoms with Crippen molar-refractivity contribution < 1.29 is 4.79 Å². The highest BCUT2D eigenvalue weighted by Gasteiger charge is 1.89. The quantitative estimate of drug-likeness (QED) is 0.440. The second-order valence-electron chi connectivity index (χ2n) is 1.88. The zero-order valence-electron chi connectivity index (χ0n) is 5.61. The molecule has 0 aromatic heterocycles. The number of nitrogens with one attached hydrogen (secondary N) is 1. The first-order valence-electron chi connectivity index (χ1n) is 2.71. The van der Waals surface area contributed by atoms with Gasteiger partial charge in [-0.2, -0.15) is 0 Å². The van der Waals surface area contributed by atoms with Crippen molar-refractivity contribution in [3.8, 4) is 0 Å². The smallest absolute Gasteiger partial charge is 0.243 e. The van der Waals surface area contributed by atoms with Crippen LogP contribution in [0.5, 0.6) is 0 Å². The van der Waals surface area contributed by atoms with E-state index in [0.717, 1.165) is 5.57 Å². The largest absolute Gasteiger partial charge is 0.349 e. The van der Waals surface area contributed by atoms with E-state index in [1.165, 1.54) is 6.08 Å². The number of rotatable bonds is 3. The summed E-state index contributed by atoms with van der Waals surface area (Å²) in [4.78, 5) is 10.4. The lowest BCUT2D eigenvalue weighted by atomic mass is 10.3. The van der Waals surface area contributed by atoms with Crippen molar-refractivity contribution in [2.24, 2.45) is 0 Å². The minimum absolute atomic E-state index is 0.155. The summed E-state index contributed by atoms with van der Waals surface area (Å²) >= 11 is 0. The van der Waals surface area contributed by atoms with Crippen LogP contribution in [0, 0.1) is 0 Å². The Kier molecular flexibility index (Phi) is 3.44. The Morgan fingerprint density at radius 1 is 1.78 bits per heavy atom. The van der Waals surface area contributed by atoms with Crippen molar-refractivity contribution in [3.05, 3.63) is 24.8 Å². The third-order valence-corrected chi connectivity index (χ3v) is 0.750. The van der Waals surface area contributed by atoms with Crippen molar-refractivity contribution >= 4 is 5.91 Å². The van der Waals surface area contributed by atoms with Crippen LogP contribution in [0.1, 0.15) is 6.92 Å². The fraction of sp³-hybridized carbons (Fsp3) is 0.286. The van der Waals surface area contributed by atoms with E-state index in [4.69, 9.17) is 0 Å². The fourth-order valence-electron chi connectivity index (χ4n) is 0.310. The van der Waals surface area contributed by atoms with Crippen LogP contribution in [-0.4, -0.2) is 12.5 Å². The molecule has 0 fully saturated rings. The predicted octanol–water partition coefficient (Wildman–Crippen LogP) is 0.865. The average Bonchev–Trinajstić information content (AvgIpc) is 1.83. The molecule has 0 aliphatic heterocycles. The van der Waals surface area contributed by atoms with Gasteiger partial charge in [0.25, 0.3) is 0 Å². The topological polar surface area (TPSA) is 29.1 Å². The first-order chi connectivity index (χ1) is 4.16. The van der Waals surface area contributed by atoms with Crippen LogP contribution < -0.4 is 5.32 Å². The summed E-state index contributed by atoms with van der Waals surface area (Å²) in [6.45, 7) is 9.29. The average molecular weight is 125 g/mol. The highest BCUT2D eigenvalue weighted by atomic mass is 16.1. The van der Waals surface area contributed by atoms with Crippen LogP contribution >= 0.6 is 0 Å². The van der Waals surface area contributed by atoms with E-state index in [0.29, 0.717) is 6.54 Å². The van der Waals surface area contributed by atoms with Crippen molar-refractivity contribution in [2.75, 3.05) is 6.54 Å². The van der Waals surface area contributed by atoms with Crippen LogP contribution in [0.3, 0.4) is 0 Å². The molecule has 0 aliphatic rings. The molecule has 0 bridgehead atoms. The molecule has 0 aromatic carbocycles. The molecule has 0 aliphatic carbocycles. The van der Waals surface area contributed by atoms with Crippen molar-refractivity contribution in [1.82, 2.24) is 5.32 Å². The molecule has 0 saturated heterocycles. The lowest BCUT2D eigenvalue weighted by molar-refractivity contribution is -0.116. The Bertz CT molecular complexity index is 138. The summed E-state index contributed by atoms with van der Waals surface area (Å²) < 4.78 is 0. The number of carbonyl (C=O) groups excluding carboxylic acids is 1. The highest BCUT2D eigenvalue weighted by molar-refractivity contribution is 5.86. The molecular weight excluding hydrogens is 114 g/mol.